The van der Waals surface area contributed by atoms with Gasteiger partial charge in [-0.2, -0.15) is 0 Å². The molecule has 0 N–H and O–H groups in total. The first-order valence-corrected chi connectivity index (χ1v) is 28.0. The lowest BCUT2D eigenvalue weighted by Crippen LogP contribution is -2.63. The van der Waals surface area contributed by atoms with Crippen LogP contribution >= 0.6 is 0 Å². The molecule has 0 radical (unpaired) electrons. The Kier molecular flexibility index (Phi) is 9.92. The number of benzene rings is 5. The zero-order chi connectivity index (χ0) is 51.4. The van der Waals surface area contributed by atoms with E-state index < -0.39 is 0 Å². The second kappa shape index (κ2) is 14.9. The zero-order valence-corrected chi connectivity index (χ0v) is 47.5. The van der Waals surface area contributed by atoms with Gasteiger partial charge < -0.3 is 9.32 Å². The number of aryl methyl sites for hydroxylation is 2. The summed E-state index contributed by atoms with van der Waals surface area (Å²) in [6.07, 6.45) is 9.26. The third-order valence-electron chi connectivity index (χ3n) is 20.5. The minimum absolute atomic E-state index is 0.0309. The Bertz CT molecular complexity index is 3290. The van der Waals surface area contributed by atoms with Gasteiger partial charge in [0.25, 0.3) is 6.71 Å². The van der Waals surface area contributed by atoms with Crippen LogP contribution in [0.15, 0.2) is 83.3 Å². The highest BCUT2D eigenvalue weighted by atomic mass is 16.4. The first-order valence-electron chi connectivity index (χ1n) is 28.0. The molecule has 0 amide bonds. The van der Waals surface area contributed by atoms with Crippen LogP contribution in [-0.4, -0.2) is 6.71 Å². The lowest BCUT2D eigenvalue weighted by atomic mass is 9.32. The van der Waals surface area contributed by atoms with Crippen LogP contribution < -0.4 is 26.2 Å². The molecular weight excluding hydrogens is 872 g/mol. The van der Waals surface area contributed by atoms with Gasteiger partial charge >= 0.3 is 0 Å². The van der Waals surface area contributed by atoms with Gasteiger partial charge in [0.2, 0.25) is 0 Å². The molecule has 0 saturated heterocycles. The first kappa shape index (κ1) is 48.0. The number of hydrogen-bond donors (Lipinski definition) is 0. The SMILES string of the molecule is Cc1cccc(C)c1-c1cc2c3c(c1)N(c1ccc4c(c1)C(C)(C)CCC4(C)C)c1oc4c(c1B3c1cc3c(cc1N2c1ccc2c(c1)C(C)(C)CCC2(C)C)C(C)(C)CCC3(C)C)C(C)(C)CCC4(C)C. The van der Waals surface area contributed by atoms with Crippen molar-refractivity contribution < 1.29 is 4.42 Å². The molecule has 2 aliphatic heterocycles. The third kappa shape index (κ3) is 6.73. The van der Waals surface area contributed by atoms with E-state index in [1.807, 2.05) is 0 Å². The normalized spacial score (nSPS) is 22.4. The molecule has 4 heteroatoms. The number of fused-ring (bicyclic) bond motifs is 9. The van der Waals surface area contributed by atoms with Crippen LogP contribution in [0.25, 0.3) is 11.1 Å². The molecular formula is C68H83BN2O. The molecule has 72 heavy (non-hydrogen) atoms. The molecule has 6 aliphatic rings. The summed E-state index contributed by atoms with van der Waals surface area (Å²) in [6, 6.07) is 32.6. The molecule has 0 bridgehead atoms. The summed E-state index contributed by atoms with van der Waals surface area (Å²) in [6.45, 7) is 44.3. The fourth-order valence-corrected chi connectivity index (χ4v) is 15.3. The van der Waals surface area contributed by atoms with Crippen LogP contribution in [0.5, 0.6) is 0 Å². The maximum atomic E-state index is 7.86. The van der Waals surface area contributed by atoms with Crippen molar-refractivity contribution in [2.75, 3.05) is 9.80 Å². The minimum atomic E-state index is -0.122. The minimum Gasteiger partial charge on any atom is -0.444 e. The number of furan rings is 1. The lowest BCUT2D eigenvalue weighted by Gasteiger charge is -2.48. The third-order valence-corrected chi connectivity index (χ3v) is 20.5. The second-order valence-corrected chi connectivity index (χ2v) is 29.3. The van der Waals surface area contributed by atoms with Gasteiger partial charge in [-0.25, -0.2) is 0 Å². The highest BCUT2D eigenvalue weighted by Gasteiger charge is 2.54. The Morgan fingerprint density at radius 2 is 0.819 bits per heavy atom. The Morgan fingerprint density at radius 3 is 1.33 bits per heavy atom. The van der Waals surface area contributed by atoms with Crippen molar-refractivity contribution in [3.8, 4) is 11.1 Å². The molecule has 0 atom stereocenters. The molecule has 374 valence electrons. The predicted molar refractivity (Wildman–Crippen MR) is 309 cm³/mol. The monoisotopic (exact) mass is 955 g/mol. The Hall–Kier alpha value is -4.96. The first-order chi connectivity index (χ1) is 33.5. The van der Waals surface area contributed by atoms with E-state index in [1.54, 1.807) is 0 Å². The molecule has 5 aromatic carbocycles. The zero-order valence-electron chi connectivity index (χ0n) is 47.5. The molecule has 1 aromatic heterocycles. The topological polar surface area (TPSA) is 19.6 Å². The van der Waals surface area contributed by atoms with Gasteiger partial charge in [-0.3, -0.25) is 4.90 Å². The Labute approximate surface area is 434 Å². The van der Waals surface area contributed by atoms with Crippen molar-refractivity contribution >= 4 is 57.4 Å². The van der Waals surface area contributed by atoms with E-state index >= 15 is 0 Å². The summed E-state index contributed by atoms with van der Waals surface area (Å²) in [4.78, 5) is 5.37. The maximum Gasteiger partial charge on any atom is 0.256 e. The van der Waals surface area contributed by atoms with E-state index in [1.165, 1.54) is 144 Å². The van der Waals surface area contributed by atoms with E-state index in [9.17, 15) is 0 Å². The van der Waals surface area contributed by atoms with E-state index in [0.29, 0.717) is 0 Å². The fourth-order valence-electron chi connectivity index (χ4n) is 15.3. The van der Waals surface area contributed by atoms with Gasteiger partial charge in [0, 0.05) is 33.9 Å². The van der Waals surface area contributed by atoms with E-state index in [4.69, 9.17) is 4.42 Å². The van der Waals surface area contributed by atoms with E-state index in [0.717, 1.165) is 25.1 Å². The molecule has 0 fully saturated rings. The van der Waals surface area contributed by atoms with Crippen molar-refractivity contribution in [2.45, 2.75) is 219 Å². The molecule has 6 aromatic rings. The highest BCUT2D eigenvalue weighted by molar-refractivity contribution is 7.00. The van der Waals surface area contributed by atoms with Crippen molar-refractivity contribution in [2.24, 2.45) is 0 Å². The molecule has 0 saturated carbocycles. The number of nitrogens with zero attached hydrogens (tertiary/aromatic N) is 2. The molecule has 3 nitrogen and oxygen atoms in total. The fraction of sp³-hybridized carbons (Fsp3) is 0.500. The lowest BCUT2D eigenvalue weighted by molar-refractivity contribution is 0.280. The van der Waals surface area contributed by atoms with Crippen molar-refractivity contribution in [1.82, 2.24) is 0 Å². The summed E-state index contributed by atoms with van der Waals surface area (Å²) >= 11 is 0. The molecule has 12 rings (SSSR count). The van der Waals surface area contributed by atoms with Gasteiger partial charge in [0.1, 0.15) is 5.76 Å². The van der Waals surface area contributed by atoms with Gasteiger partial charge in [-0.05, 0) is 223 Å². The number of hydrogen-bond acceptors (Lipinski definition) is 3. The van der Waals surface area contributed by atoms with Crippen molar-refractivity contribution in [3.63, 3.8) is 0 Å². The molecule has 4 aliphatic carbocycles. The highest BCUT2D eigenvalue weighted by Crippen LogP contribution is 2.57. The number of anilines is 6. The summed E-state index contributed by atoms with van der Waals surface area (Å²) < 4.78 is 7.86. The van der Waals surface area contributed by atoms with Gasteiger partial charge in [-0.15, -0.1) is 0 Å². The summed E-state index contributed by atoms with van der Waals surface area (Å²) in [5.41, 5.74) is 26.3. The Balaban J connectivity index is 1.27. The maximum absolute atomic E-state index is 7.86. The van der Waals surface area contributed by atoms with Gasteiger partial charge in [-0.1, -0.05) is 147 Å². The smallest absolute Gasteiger partial charge is 0.256 e. The van der Waals surface area contributed by atoms with Crippen LogP contribution in [0.3, 0.4) is 0 Å². The second-order valence-electron chi connectivity index (χ2n) is 29.3. The Morgan fingerprint density at radius 1 is 0.403 bits per heavy atom. The largest absolute Gasteiger partial charge is 0.444 e. The van der Waals surface area contributed by atoms with E-state index in [2.05, 4.69) is 213 Å². The standard InChI is InChI=1S/C68H83BN2O/c1-40-20-19-21-41(2)55(40)42-34-53-57-54(35-42)71(44-23-25-46-48(37-44)64(9,10)29-27-62(46,5)6)60-58(56-59(72-60)68(17,18)33-32-67(56,15)16)69(57)51-38-49-50(66(13,14)31-30-65(49,11)12)39-52(51)70(53)43-22-24-45-47(36-43)63(7,8)28-26-61(45,3)4/h19-25,34-39H,26-33H2,1-18H3. The molecule has 0 unspecified atom stereocenters. The van der Waals surface area contributed by atoms with Crippen LogP contribution in [0, 0.1) is 13.8 Å². The van der Waals surface area contributed by atoms with Gasteiger partial charge in [0.15, 0.2) is 5.88 Å². The molecule has 3 heterocycles. The molecule has 0 spiro atoms. The van der Waals surface area contributed by atoms with Crippen LogP contribution in [0.2, 0.25) is 0 Å². The van der Waals surface area contributed by atoms with Crippen LogP contribution in [-0.2, 0) is 43.3 Å². The van der Waals surface area contributed by atoms with Crippen molar-refractivity contribution in [3.05, 3.63) is 135 Å². The average Bonchev–Trinajstić information content (AvgIpc) is 3.72. The van der Waals surface area contributed by atoms with Crippen molar-refractivity contribution in [1.29, 1.82) is 0 Å². The predicted octanol–water partition coefficient (Wildman–Crippen LogP) is 17.0. The number of rotatable bonds is 3. The van der Waals surface area contributed by atoms with Crippen LogP contribution in [0.1, 0.15) is 218 Å². The quantitative estimate of drug-likeness (QED) is 0.165. The van der Waals surface area contributed by atoms with Gasteiger partial charge in [0.05, 0.1) is 0 Å². The van der Waals surface area contributed by atoms with Crippen LogP contribution in [0.4, 0.5) is 34.3 Å². The summed E-state index contributed by atoms with van der Waals surface area (Å²) in [5.74, 6) is 2.20. The van der Waals surface area contributed by atoms with E-state index in [-0.39, 0.29) is 50.0 Å². The summed E-state index contributed by atoms with van der Waals surface area (Å²) in [7, 11) is 0. The summed E-state index contributed by atoms with van der Waals surface area (Å²) in [5, 5.41) is 0. The average molecular weight is 955 g/mol.